The standard InChI is InChI=1S/C23H26N2O3/c1-18-6-5-7-19(14-18)15-21(26)24-12-10-23(11-13-24)17-25(22(27)16-28-23)20-8-3-2-4-9-20/h2-9,14H,10-13,15-17H2,1H3. The fraction of sp³-hybridized carbons (Fsp3) is 0.391. The van der Waals surface area contributed by atoms with Crippen LogP contribution in [0, 0.1) is 6.92 Å². The Balaban J connectivity index is 1.39. The van der Waals surface area contributed by atoms with E-state index in [1.807, 2.05) is 65.3 Å². The number of piperidine rings is 1. The van der Waals surface area contributed by atoms with Crippen molar-refractivity contribution in [3.8, 4) is 0 Å². The van der Waals surface area contributed by atoms with Crippen LogP contribution in [0.2, 0.25) is 0 Å². The number of nitrogens with zero attached hydrogens (tertiary/aromatic N) is 2. The first kappa shape index (κ1) is 18.7. The van der Waals surface area contributed by atoms with Crippen LogP contribution >= 0.6 is 0 Å². The normalized spacial score (nSPS) is 19.1. The van der Waals surface area contributed by atoms with Crippen molar-refractivity contribution in [3.63, 3.8) is 0 Å². The molecule has 1 spiro atoms. The molecule has 2 heterocycles. The fourth-order valence-corrected chi connectivity index (χ4v) is 4.13. The quantitative estimate of drug-likeness (QED) is 0.825. The molecule has 2 aromatic carbocycles. The van der Waals surface area contributed by atoms with E-state index in [1.54, 1.807) is 0 Å². The molecule has 28 heavy (non-hydrogen) atoms. The van der Waals surface area contributed by atoms with E-state index in [4.69, 9.17) is 4.74 Å². The highest BCUT2D eigenvalue weighted by Crippen LogP contribution is 2.33. The van der Waals surface area contributed by atoms with Crippen LogP contribution in [-0.2, 0) is 20.7 Å². The number of carbonyl (C=O) groups excluding carboxylic acids is 2. The molecule has 0 radical (unpaired) electrons. The molecule has 4 rings (SSSR count). The Morgan fingerprint density at radius 2 is 1.82 bits per heavy atom. The number of hydrogen-bond donors (Lipinski definition) is 0. The number of aryl methyl sites for hydroxylation is 1. The van der Waals surface area contributed by atoms with Crippen LogP contribution in [0.5, 0.6) is 0 Å². The van der Waals surface area contributed by atoms with E-state index < -0.39 is 0 Å². The van der Waals surface area contributed by atoms with Crippen molar-refractivity contribution in [3.05, 3.63) is 65.7 Å². The van der Waals surface area contributed by atoms with E-state index in [0.717, 1.165) is 24.1 Å². The Kier molecular flexibility index (Phi) is 5.18. The molecule has 0 saturated carbocycles. The number of benzene rings is 2. The molecule has 2 aliphatic rings. The molecule has 5 nitrogen and oxygen atoms in total. The average molecular weight is 378 g/mol. The van der Waals surface area contributed by atoms with E-state index in [-0.39, 0.29) is 24.0 Å². The zero-order valence-electron chi connectivity index (χ0n) is 16.3. The fourth-order valence-electron chi connectivity index (χ4n) is 4.13. The summed E-state index contributed by atoms with van der Waals surface area (Å²) < 4.78 is 6.00. The number of anilines is 1. The van der Waals surface area contributed by atoms with Crippen LogP contribution in [-0.4, -0.2) is 48.6 Å². The maximum absolute atomic E-state index is 12.7. The minimum Gasteiger partial charge on any atom is -0.363 e. The monoisotopic (exact) mass is 378 g/mol. The minimum atomic E-state index is -0.357. The maximum atomic E-state index is 12.7. The molecule has 2 fully saturated rings. The molecule has 0 aliphatic carbocycles. The lowest BCUT2D eigenvalue weighted by atomic mass is 9.88. The number of amides is 2. The third-order valence-corrected chi connectivity index (χ3v) is 5.78. The average Bonchev–Trinajstić information content (AvgIpc) is 2.71. The summed E-state index contributed by atoms with van der Waals surface area (Å²) in [4.78, 5) is 28.8. The van der Waals surface area contributed by atoms with Gasteiger partial charge in [0.2, 0.25) is 5.91 Å². The predicted octanol–water partition coefficient (Wildman–Crippen LogP) is 2.96. The highest BCUT2D eigenvalue weighted by Gasteiger charge is 2.43. The van der Waals surface area contributed by atoms with Gasteiger partial charge in [0.15, 0.2) is 0 Å². The van der Waals surface area contributed by atoms with Gasteiger partial charge in [-0.2, -0.15) is 0 Å². The smallest absolute Gasteiger partial charge is 0.253 e. The Labute approximate surface area is 165 Å². The Bertz CT molecular complexity index is 857. The van der Waals surface area contributed by atoms with Gasteiger partial charge in [-0.3, -0.25) is 9.59 Å². The first-order chi connectivity index (χ1) is 13.5. The van der Waals surface area contributed by atoms with Gasteiger partial charge in [-0.15, -0.1) is 0 Å². The molecular weight excluding hydrogens is 352 g/mol. The first-order valence-corrected chi connectivity index (χ1v) is 9.87. The molecule has 0 aromatic heterocycles. The molecule has 2 aromatic rings. The van der Waals surface area contributed by atoms with Crippen LogP contribution in [0.4, 0.5) is 5.69 Å². The molecule has 0 bridgehead atoms. The zero-order chi connectivity index (χ0) is 19.6. The summed E-state index contributed by atoms with van der Waals surface area (Å²) in [5.41, 5.74) is 2.78. The van der Waals surface area contributed by atoms with Gasteiger partial charge in [0.25, 0.3) is 5.91 Å². The zero-order valence-corrected chi connectivity index (χ0v) is 16.3. The number of ether oxygens (including phenoxy) is 1. The number of hydrogen-bond acceptors (Lipinski definition) is 3. The highest BCUT2D eigenvalue weighted by molar-refractivity contribution is 5.95. The first-order valence-electron chi connectivity index (χ1n) is 9.87. The lowest BCUT2D eigenvalue weighted by molar-refractivity contribution is -0.150. The van der Waals surface area contributed by atoms with Gasteiger partial charge in [0.05, 0.1) is 18.6 Å². The number of para-hydroxylation sites is 1. The summed E-state index contributed by atoms with van der Waals surface area (Å²) in [6, 6.07) is 17.8. The van der Waals surface area contributed by atoms with Crippen LogP contribution in [0.15, 0.2) is 54.6 Å². The lowest BCUT2D eigenvalue weighted by Gasteiger charge is -2.47. The van der Waals surface area contributed by atoms with E-state index in [0.29, 0.717) is 26.1 Å². The molecule has 2 aliphatic heterocycles. The van der Waals surface area contributed by atoms with Crippen molar-refractivity contribution in [2.24, 2.45) is 0 Å². The topological polar surface area (TPSA) is 49.9 Å². The van der Waals surface area contributed by atoms with Crippen molar-refractivity contribution < 1.29 is 14.3 Å². The molecular formula is C23H26N2O3. The summed E-state index contributed by atoms with van der Waals surface area (Å²) in [6.07, 6.45) is 1.94. The second kappa shape index (κ2) is 7.76. The van der Waals surface area contributed by atoms with Crippen LogP contribution in [0.25, 0.3) is 0 Å². The van der Waals surface area contributed by atoms with Crippen LogP contribution < -0.4 is 4.90 Å². The van der Waals surface area contributed by atoms with E-state index in [1.165, 1.54) is 5.56 Å². The Hall–Kier alpha value is -2.66. The third kappa shape index (κ3) is 3.94. The second-order valence-electron chi connectivity index (χ2n) is 7.83. The molecule has 146 valence electrons. The maximum Gasteiger partial charge on any atom is 0.253 e. The summed E-state index contributed by atoms with van der Waals surface area (Å²) in [5, 5.41) is 0. The summed E-state index contributed by atoms with van der Waals surface area (Å²) >= 11 is 0. The van der Waals surface area contributed by atoms with Gasteiger partial charge in [-0.05, 0) is 37.5 Å². The van der Waals surface area contributed by atoms with E-state index in [9.17, 15) is 9.59 Å². The summed E-state index contributed by atoms with van der Waals surface area (Å²) in [5.74, 6) is 0.155. The molecule has 5 heteroatoms. The van der Waals surface area contributed by atoms with Gasteiger partial charge in [0.1, 0.15) is 6.61 Å². The number of rotatable bonds is 3. The molecule has 2 amide bonds. The Morgan fingerprint density at radius 1 is 1.07 bits per heavy atom. The Morgan fingerprint density at radius 3 is 2.54 bits per heavy atom. The van der Waals surface area contributed by atoms with Gasteiger partial charge in [-0.25, -0.2) is 0 Å². The minimum absolute atomic E-state index is 0.00483. The number of carbonyl (C=O) groups is 2. The van der Waals surface area contributed by atoms with Gasteiger partial charge in [0, 0.05) is 18.8 Å². The molecule has 0 atom stereocenters. The molecule has 0 unspecified atom stereocenters. The summed E-state index contributed by atoms with van der Waals surface area (Å²) in [7, 11) is 0. The highest BCUT2D eigenvalue weighted by atomic mass is 16.5. The van der Waals surface area contributed by atoms with E-state index >= 15 is 0 Å². The van der Waals surface area contributed by atoms with Crippen molar-refractivity contribution in [1.82, 2.24) is 4.90 Å². The van der Waals surface area contributed by atoms with Crippen molar-refractivity contribution in [1.29, 1.82) is 0 Å². The van der Waals surface area contributed by atoms with Crippen molar-refractivity contribution in [2.75, 3.05) is 31.1 Å². The van der Waals surface area contributed by atoms with Gasteiger partial charge in [-0.1, -0.05) is 48.0 Å². The lowest BCUT2D eigenvalue weighted by Crippen LogP contribution is -2.59. The predicted molar refractivity (Wildman–Crippen MR) is 108 cm³/mol. The largest absolute Gasteiger partial charge is 0.363 e. The second-order valence-corrected chi connectivity index (χ2v) is 7.83. The molecule has 0 N–H and O–H groups in total. The van der Waals surface area contributed by atoms with Crippen LogP contribution in [0.3, 0.4) is 0 Å². The summed E-state index contributed by atoms with van der Waals surface area (Å²) in [6.45, 7) is 4.03. The van der Waals surface area contributed by atoms with Gasteiger partial charge < -0.3 is 14.5 Å². The number of likely N-dealkylation sites (tertiary alicyclic amines) is 1. The molecule has 2 saturated heterocycles. The van der Waals surface area contributed by atoms with Crippen molar-refractivity contribution >= 4 is 17.5 Å². The number of morpholine rings is 1. The van der Waals surface area contributed by atoms with E-state index in [2.05, 4.69) is 6.07 Å². The van der Waals surface area contributed by atoms with Gasteiger partial charge >= 0.3 is 0 Å². The van der Waals surface area contributed by atoms with Crippen LogP contribution in [0.1, 0.15) is 24.0 Å². The SMILES string of the molecule is Cc1cccc(CC(=O)N2CCC3(CC2)CN(c2ccccc2)C(=O)CO3)c1. The van der Waals surface area contributed by atoms with Crippen molar-refractivity contribution in [2.45, 2.75) is 31.8 Å². The third-order valence-electron chi connectivity index (χ3n) is 5.78.